The van der Waals surface area contributed by atoms with Gasteiger partial charge in [-0.1, -0.05) is 19.1 Å². The molecular formula is C20H28N6O2. The van der Waals surface area contributed by atoms with Crippen molar-refractivity contribution in [2.45, 2.75) is 45.6 Å². The van der Waals surface area contributed by atoms with Crippen LogP contribution in [0.25, 0.3) is 11.2 Å². The van der Waals surface area contributed by atoms with Gasteiger partial charge >= 0.3 is 0 Å². The van der Waals surface area contributed by atoms with Crippen LogP contribution in [-0.4, -0.2) is 67.3 Å². The van der Waals surface area contributed by atoms with Crippen molar-refractivity contribution in [1.82, 2.24) is 29.8 Å². The third-order valence-corrected chi connectivity index (χ3v) is 6.07. The number of piperidine rings is 2. The number of aryl methyl sites for hydroxylation is 1. The summed E-state index contributed by atoms with van der Waals surface area (Å²) in [5.74, 6) is 1.21. The molecule has 28 heavy (non-hydrogen) atoms. The Morgan fingerprint density at radius 3 is 2.93 bits per heavy atom. The van der Waals surface area contributed by atoms with Crippen molar-refractivity contribution < 1.29 is 9.59 Å². The van der Waals surface area contributed by atoms with Crippen molar-refractivity contribution >= 4 is 23.0 Å². The number of fused-ring (bicyclic) bond motifs is 2. The molecule has 4 rings (SSSR count). The van der Waals surface area contributed by atoms with Crippen molar-refractivity contribution in [2.24, 2.45) is 18.9 Å². The molecule has 2 aromatic rings. The SMILES string of the molecule is CC(C)CCN1C(=O)CC[C@H]2CN(C(=O)c3cnc4c(c3)nnn4C)CC[C@H]21. The minimum atomic E-state index is -0.0101. The van der Waals surface area contributed by atoms with Gasteiger partial charge in [0.25, 0.3) is 5.91 Å². The fourth-order valence-electron chi connectivity index (χ4n) is 4.45. The Balaban J connectivity index is 1.46. The first-order valence-corrected chi connectivity index (χ1v) is 10.2. The van der Waals surface area contributed by atoms with E-state index in [9.17, 15) is 9.59 Å². The average Bonchev–Trinajstić information content (AvgIpc) is 3.06. The lowest BCUT2D eigenvalue weighted by molar-refractivity contribution is -0.140. The highest BCUT2D eigenvalue weighted by Gasteiger charge is 2.40. The molecule has 0 radical (unpaired) electrons. The van der Waals surface area contributed by atoms with Gasteiger partial charge in [0.2, 0.25) is 5.91 Å². The number of amides is 2. The number of carbonyl (C=O) groups is 2. The molecule has 2 saturated heterocycles. The second-order valence-corrected chi connectivity index (χ2v) is 8.46. The number of carbonyl (C=O) groups excluding carboxylic acids is 2. The van der Waals surface area contributed by atoms with Gasteiger partial charge < -0.3 is 9.80 Å². The normalized spacial score (nSPS) is 22.8. The first-order chi connectivity index (χ1) is 13.4. The summed E-state index contributed by atoms with van der Waals surface area (Å²) in [5, 5.41) is 8.01. The Morgan fingerprint density at radius 2 is 2.14 bits per heavy atom. The molecule has 2 fully saturated rings. The Morgan fingerprint density at radius 1 is 1.32 bits per heavy atom. The molecule has 0 spiro atoms. The second-order valence-electron chi connectivity index (χ2n) is 8.46. The molecule has 2 aromatic heterocycles. The molecule has 2 aliphatic heterocycles. The number of hydrogen-bond donors (Lipinski definition) is 0. The van der Waals surface area contributed by atoms with E-state index in [-0.39, 0.29) is 17.9 Å². The molecule has 2 aliphatic rings. The van der Waals surface area contributed by atoms with E-state index in [1.54, 1.807) is 24.0 Å². The molecule has 0 unspecified atom stereocenters. The van der Waals surface area contributed by atoms with Crippen LogP contribution in [0.5, 0.6) is 0 Å². The fraction of sp³-hybridized carbons (Fsp3) is 0.650. The van der Waals surface area contributed by atoms with E-state index >= 15 is 0 Å². The standard InChI is InChI=1S/C20H28N6O2/c1-13(2)6-9-26-17-7-8-25(12-14(17)4-5-18(26)27)20(28)15-10-16-19(21-11-15)24(3)23-22-16/h10-11,13-14,17H,4-9,12H2,1-3H3/t14-,17+/m0/s1. The largest absolute Gasteiger partial charge is 0.339 e. The van der Waals surface area contributed by atoms with Crippen LogP contribution in [0, 0.1) is 11.8 Å². The van der Waals surface area contributed by atoms with Gasteiger partial charge in [0.15, 0.2) is 5.65 Å². The lowest BCUT2D eigenvalue weighted by Crippen LogP contribution is -2.57. The predicted octanol–water partition coefficient (Wildman–Crippen LogP) is 1.86. The lowest BCUT2D eigenvalue weighted by atomic mass is 9.83. The third kappa shape index (κ3) is 3.47. The van der Waals surface area contributed by atoms with Gasteiger partial charge in [-0.2, -0.15) is 0 Å². The summed E-state index contributed by atoms with van der Waals surface area (Å²) in [6.07, 6.45) is 4.95. The minimum Gasteiger partial charge on any atom is -0.339 e. The molecule has 0 N–H and O–H groups in total. The zero-order valence-electron chi connectivity index (χ0n) is 16.8. The first kappa shape index (κ1) is 18.8. The maximum Gasteiger partial charge on any atom is 0.255 e. The molecular weight excluding hydrogens is 356 g/mol. The van der Waals surface area contributed by atoms with Crippen molar-refractivity contribution in [2.75, 3.05) is 19.6 Å². The molecule has 2 atom stereocenters. The number of hydrogen-bond acceptors (Lipinski definition) is 5. The molecule has 0 aliphatic carbocycles. The van der Waals surface area contributed by atoms with Gasteiger partial charge in [-0.05, 0) is 37.2 Å². The number of aromatic nitrogens is 4. The maximum atomic E-state index is 13.0. The Hall–Kier alpha value is -2.51. The van der Waals surface area contributed by atoms with Crippen molar-refractivity contribution in [3.05, 3.63) is 17.8 Å². The molecule has 150 valence electrons. The monoisotopic (exact) mass is 384 g/mol. The van der Waals surface area contributed by atoms with Crippen LogP contribution in [0.2, 0.25) is 0 Å². The van der Waals surface area contributed by atoms with Gasteiger partial charge in [0, 0.05) is 45.3 Å². The van der Waals surface area contributed by atoms with Crippen LogP contribution >= 0.6 is 0 Å². The van der Waals surface area contributed by atoms with Gasteiger partial charge in [0.1, 0.15) is 5.52 Å². The summed E-state index contributed by atoms with van der Waals surface area (Å²) in [6.45, 7) is 6.58. The van der Waals surface area contributed by atoms with Crippen LogP contribution in [0.3, 0.4) is 0 Å². The zero-order chi connectivity index (χ0) is 19.8. The zero-order valence-corrected chi connectivity index (χ0v) is 16.8. The predicted molar refractivity (Wildman–Crippen MR) is 105 cm³/mol. The van der Waals surface area contributed by atoms with Crippen LogP contribution in [0.1, 0.15) is 49.9 Å². The Bertz CT molecular complexity index is 892. The topological polar surface area (TPSA) is 84.2 Å². The van der Waals surface area contributed by atoms with E-state index in [1.807, 2.05) is 4.90 Å². The summed E-state index contributed by atoms with van der Waals surface area (Å²) >= 11 is 0. The first-order valence-electron chi connectivity index (χ1n) is 10.2. The van der Waals surface area contributed by atoms with E-state index in [1.165, 1.54) is 0 Å². The van der Waals surface area contributed by atoms with E-state index in [0.29, 0.717) is 48.1 Å². The quantitative estimate of drug-likeness (QED) is 0.803. The van der Waals surface area contributed by atoms with Gasteiger partial charge in [0.05, 0.1) is 5.56 Å². The van der Waals surface area contributed by atoms with E-state index < -0.39 is 0 Å². The van der Waals surface area contributed by atoms with Gasteiger partial charge in [-0.3, -0.25) is 9.59 Å². The molecule has 0 bridgehead atoms. The number of pyridine rings is 1. The number of nitrogens with zero attached hydrogens (tertiary/aromatic N) is 6. The van der Waals surface area contributed by atoms with Crippen LogP contribution in [-0.2, 0) is 11.8 Å². The van der Waals surface area contributed by atoms with Crippen molar-refractivity contribution in [3.63, 3.8) is 0 Å². The minimum absolute atomic E-state index is 0.0101. The fourth-order valence-corrected chi connectivity index (χ4v) is 4.45. The smallest absolute Gasteiger partial charge is 0.255 e. The van der Waals surface area contributed by atoms with E-state index in [2.05, 4.69) is 34.0 Å². The summed E-state index contributed by atoms with van der Waals surface area (Å²) in [5.41, 5.74) is 1.85. The highest BCUT2D eigenvalue weighted by Crippen LogP contribution is 2.32. The summed E-state index contributed by atoms with van der Waals surface area (Å²) in [4.78, 5) is 33.8. The Kier molecular flexibility index (Phi) is 5.03. The van der Waals surface area contributed by atoms with Gasteiger partial charge in [-0.15, -0.1) is 5.10 Å². The van der Waals surface area contributed by atoms with Crippen LogP contribution < -0.4 is 0 Å². The molecule has 0 aromatic carbocycles. The third-order valence-electron chi connectivity index (χ3n) is 6.07. The molecule has 8 nitrogen and oxygen atoms in total. The maximum absolute atomic E-state index is 13.0. The van der Waals surface area contributed by atoms with Crippen molar-refractivity contribution in [3.8, 4) is 0 Å². The van der Waals surface area contributed by atoms with Crippen LogP contribution in [0.15, 0.2) is 12.3 Å². The average molecular weight is 384 g/mol. The molecule has 8 heteroatoms. The number of likely N-dealkylation sites (tertiary alicyclic amines) is 2. The number of rotatable bonds is 4. The molecule has 2 amide bonds. The highest BCUT2D eigenvalue weighted by molar-refractivity contribution is 5.96. The van der Waals surface area contributed by atoms with Crippen LogP contribution in [0.4, 0.5) is 0 Å². The highest BCUT2D eigenvalue weighted by atomic mass is 16.2. The lowest BCUT2D eigenvalue weighted by Gasteiger charge is -2.47. The van der Waals surface area contributed by atoms with E-state index in [0.717, 1.165) is 25.8 Å². The van der Waals surface area contributed by atoms with Crippen molar-refractivity contribution in [1.29, 1.82) is 0 Å². The molecule has 4 heterocycles. The van der Waals surface area contributed by atoms with Gasteiger partial charge in [-0.25, -0.2) is 9.67 Å². The van der Waals surface area contributed by atoms with E-state index in [4.69, 9.17) is 0 Å². The summed E-state index contributed by atoms with van der Waals surface area (Å²) in [7, 11) is 1.78. The summed E-state index contributed by atoms with van der Waals surface area (Å²) < 4.78 is 1.60. The Labute approximate surface area is 164 Å². The summed E-state index contributed by atoms with van der Waals surface area (Å²) in [6, 6.07) is 2.04. The molecule has 0 saturated carbocycles. The second kappa shape index (κ2) is 7.48.